The molecule has 2 aliphatic rings. The van der Waals surface area contributed by atoms with Crippen molar-refractivity contribution in [1.29, 1.82) is 0 Å². The second-order valence-corrected chi connectivity index (χ2v) is 11.6. The van der Waals surface area contributed by atoms with Gasteiger partial charge in [0.1, 0.15) is 0 Å². The van der Waals surface area contributed by atoms with Gasteiger partial charge >= 0.3 is 0 Å². The summed E-state index contributed by atoms with van der Waals surface area (Å²) in [5, 5.41) is 3.85. The molecule has 6 heteroatoms. The fraction of sp³-hybridized carbons (Fsp3) is 0.400. The highest BCUT2D eigenvalue weighted by molar-refractivity contribution is 5.30. The first-order valence-electron chi connectivity index (χ1n) is 15.3. The van der Waals surface area contributed by atoms with Gasteiger partial charge in [-0.25, -0.2) is 0 Å². The van der Waals surface area contributed by atoms with Crippen LogP contribution in [-0.4, -0.2) is 50.4 Å². The molecule has 0 spiro atoms. The number of pyridine rings is 3. The first-order chi connectivity index (χ1) is 20.3. The van der Waals surface area contributed by atoms with E-state index in [1.54, 1.807) is 0 Å². The molecule has 2 atom stereocenters. The van der Waals surface area contributed by atoms with E-state index in [-0.39, 0.29) is 0 Å². The van der Waals surface area contributed by atoms with E-state index in [0.29, 0.717) is 12.1 Å². The molecule has 1 N–H and O–H groups in total. The van der Waals surface area contributed by atoms with Crippen molar-refractivity contribution in [2.45, 2.75) is 70.2 Å². The highest BCUT2D eigenvalue weighted by Gasteiger charge is 2.29. The normalized spacial score (nSPS) is 18.3. The highest BCUT2D eigenvalue weighted by Crippen LogP contribution is 2.33. The van der Waals surface area contributed by atoms with E-state index >= 15 is 0 Å². The van der Waals surface area contributed by atoms with E-state index in [4.69, 9.17) is 4.98 Å². The molecule has 0 saturated heterocycles. The number of nitrogens with one attached hydrogen (secondary N) is 1. The Kier molecular flexibility index (Phi) is 9.42. The molecule has 0 amide bonds. The largest absolute Gasteiger partial charge is 0.308 e. The van der Waals surface area contributed by atoms with Crippen molar-refractivity contribution in [1.82, 2.24) is 30.1 Å². The van der Waals surface area contributed by atoms with Gasteiger partial charge in [0.25, 0.3) is 0 Å². The molecule has 0 fully saturated rings. The van der Waals surface area contributed by atoms with Gasteiger partial charge in [0, 0.05) is 50.8 Å². The molecule has 0 unspecified atom stereocenters. The van der Waals surface area contributed by atoms with Gasteiger partial charge in [-0.05, 0) is 98.6 Å². The van der Waals surface area contributed by atoms with Crippen LogP contribution < -0.4 is 5.32 Å². The lowest BCUT2D eigenvalue weighted by atomic mass is 9.89. The average Bonchev–Trinajstić information content (AvgIpc) is 3.03. The van der Waals surface area contributed by atoms with E-state index in [1.807, 2.05) is 30.7 Å². The SMILES string of the molecule is c1ccc(CN(CCCCN(C[C@H]2Cc3ccccc3CN2)[C@H]2CCCc3cccnc32)Cc2ccccn2)nc1. The van der Waals surface area contributed by atoms with Crippen molar-refractivity contribution in [2.24, 2.45) is 0 Å². The first kappa shape index (κ1) is 27.7. The minimum atomic E-state index is 0.400. The lowest BCUT2D eigenvalue weighted by Crippen LogP contribution is -2.46. The molecule has 41 heavy (non-hydrogen) atoms. The summed E-state index contributed by atoms with van der Waals surface area (Å²) in [4.78, 5) is 19.3. The number of aromatic nitrogens is 3. The zero-order chi connectivity index (χ0) is 27.7. The molecule has 1 aliphatic carbocycles. The maximum absolute atomic E-state index is 4.92. The zero-order valence-electron chi connectivity index (χ0n) is 24.0. The van der Waals surface area contributed by atoms with Gasteiger partial charge in [0.05, 0.1) is 23.1 Å². The van der Waals surface area contributed by atoms with Crippen molar-refractivity contribution >= 4 is 0 Å². The lowest BCUT2D eigenvalue weighted by molar-refractivity contribution is 0.146. The quantitative estimate of drug-likeness (QED) is 0.229. The standard InChI is InChI=1S/C35H42N6/c1-2-12-30-24-39-33(23-29(30)11-1)27-41(34-17-9-13-28-14-10-20-38-35(28)34)22-8-7-21-40(25-31-15-3-5-18-36-31)26-32-16-4-6-19-37-32/h1-6,10-12,14-16,18-20,33-34,39H,7-9,13,17,21-27H2/t33-,34+/m1/s1. The third-order valence-corrected chi connectivity index (χ3v) is 8.62. The molecule has 1 aromatic carbocycles. The second kappa shape index (κ2) is 13.9. The molecular weight excluding hydrogens is 504 g/mol. The predicted molar refractivity (Wildman–Crippen MR) is 164 cm³/mol. The van der Waals surface area contributed by atoms with E-state index in [2.05, 4.69) is 85.7 Å². The summed E-state index contributed by atoms with van der Waals surface area (Å²) in [6, 6.07) is 26.5. The molecule has 0 radical (unpaired) electrons. The number of benzene rings is 1. The Labute approximate surface area is 244 Å². The van der Waals surface area contributed by atoms with Gasteiger partial charge in [-0.3, -0.25) is 24.8 Å². The molecule has 0 bridgehead atoms. The fourth-order valence-corrected chi connectivity index (χ4v) is 6.55. The molecule has 6 nitrogen and oxygen atoms in total. The Bertz CT molecular complexity index is 1320. The van der Waals surface area contributed by atoms with Crippen molar-refractivity contribution in [3.05, 3.63) is 125 Å². The van der Waals surface area contributed by atoms with Crippen molar-refractivity contribution in [3.63, 3.8) is 0 Å². The van der Waals surface area contributed by atoms with Crippen molar-refractivity contribution < 1.29 is 0 Å². The first-order valence-corrected chi connectivity index (χ1v) is 15.3. The van der Waals surface area contributed by atoms with Crippen LogP contribution in [0.15, 0.2) is 91.4 Å². The molecule has 6 rings (SSSR count). The van der Waals surface area contributed by atoms with Gasteiger partial charge < -0.3 is 5.32 Å². The Hall–Kier alpha value is -3.45. The number of fused-ring (bicyclic) bond motifs is 2. The summed E-state index contributed by atoms with van der Waals surface area (Å²) >= 11 is 0. The third kappa shape index (κ3) is 7.45. The zero-order valence-corrected chi connectivity index (χ0v) is 24.0. The number of aryl methyl sites for hydroxylation is 1. The Morgan fingerprint density at radius 2 is 1.39 bits per heavy atom. The second-order valence-electron chi connectivity index (χ2n) is 11.6. The van der Waals surface area contributed by atoms with Crippen LogP contribution >= 0.6 is 0 Å². The number of unbranched alkanes of at least 4 members (excludes halogenated alkanes) is 1. The van der Waals surface area contributed by atoms with Crippen LogP contribution in [0.5, 0.6) is 0 Å². The smallest absolute Gasteiger partial charge is 0.0607 e. The number of hydrogen-bond donors (Lipinski definition) is 1. The lowest BCUT2D eigenvalue weighted by Gasteiger charge is -2.38. The maximum atomic E-state index is 4.92. The minimum Gasteiger partial charge on any atom is -0.308 e. The van der Waals surface area contributed by atoms with Crippen LogP contribution in [0.25, 0.3) is 0 Å². The molecule has 212 valence electrons. The predicted octanol–water partition coefficient (Wildman–Crippen LogP) is 5.75. The van der Waals surface area contributed by atoms with Crippen molar-refractivity contribution in [3.8, 4) is 0 Å². The molecule has 1 aliphatic heterocycles. The van der Waals surface area contributed by atoms with Gasteiger partial charge in [-0.2, -0.15) is 0 Å². The van der Waals surface area contributed by atoms with Gasteiger partial charge in [-0.1, -0.05) is 42.5 Å². The van der Waals surface area contributed by atoms with Crippen LogP contribution in [0.4, 0.5) is 0 Å². The molecule has 4 aromatic rings. The fourth-order valence-electron chi connectivity index (χ4n) is 6.55. The monoisotopic (exact) mass is 546 g/mol. The van der Waals surface area contributed by atoms with Gasteiger partial charge in [0.2, 0.25) is 0 Å². The van der Waals surface area contributed by atoms with Crippen LogP contribution in [-0.2, 0) is 32.5 Å². The Balaban J connectivity index is 1.12. The van der Waals surface area contributed by atoms with Crippen LogP contribution in [0.3, 0.4) is 0 Å². The topological polar surface area (TPSA) is 57.2 Å². The van der Waals surface area contributed by atoms with E-state index in [1.165, 1.54) is 35.2 Å². The summed E-state index contributed by atoms with van der Waals surface area (Å²) in [5.74, 6) is 0. The average molecular weight is 547 g/mol. The number of rotatable bonds is 12. The van der Waals surface area contributed by atoms with Crippen LogP contribution in [0.1, 0.15) is 65.5 Å². The van der Waals surface area contributed by atoms with Gasteiger partial charge in [-0.15, -0.1) is 0 Å². The third-order valence-electron chi connectivity index (χ3n) is 8.62. The Morgan fingerprint density at radius 3 is 2.15 bits per heavy atom. The molecule has 4 heterocycles. The Morgan fingerprint density at radius 1 is 0.707 bits per heavy atom. The van der Waals surface area contributed by atoms with Crippen molar-refractivity contribution in [2.75, 3.05) is 19.6 Å². The van der Waals surface area contributed by atoms with Crippen LogP contribution in [0.2, 0.25) is 0 Å². The summed E-state index contributed by atoms with van der Waals surface area (Å²) < 4.78 is 0. The summed E-state index contributed by atoms with van der Waals surface area (Å²) in [5.41, 5.74) is 7.91. The van der Waals surface area contributed by atoms with Crippen LogP contribution in [0, 0.1) is 0 Å². The molecular formula is C35H42N6. The summed E-state index contributed by atoms with van der Waals surface area (Å²) in [6.45, 7) is 5.81. The van der Waals surface area contributed by atoms with E-state index < -0.39 is 0 Å². The number of hydrogen-bond acceptors (Lipinski definition) is 6. The molecule has 3 aromatic heterocycles. The van der Waals surface area contributed by atoms with Gasteiger partial charge in [0.15, 0.2) is 0 Å². The maximum Gasteiger partial charge on any atom is 0.0607 e. The molecule has 0 saturated carbocycles. The highest BCUT2D eigenvalue weighted by atomic mass is 15.2. The number of nitrogens with zero attached hydrogens (tertiary/aromatic N) is 5. The summed E-state index contributed by atoms with van der Waals surface area (Å²) in [7, 11) is 0. The van der Waals surface area contributed by atoms with E-state index in [9.17, 15) is 0 Å². The minimum absolute atomic E-state index is 0.400. The van der Waals surface area contributed by atoms with E-state index in [0.717, 1.165) is 76.3 Å². The summed E-state index contributed by atoms with van der Waals surface area (Å²) in [6.07, 6.45) is 12.7.